The number of benzene rings is 1. The van der Waals surface area contributed by atoms with Crippen LogP contribution in [0, 0.1) is 35.4 Å². The number of hydrogen-bond donors (Lipinski definition) is 1. The van der Waals surface area contributed by atoms with Crippen molar-refractivity contribution >= 4 is 11.9 Å². The maximum absolute atomic E-state index is 13.4. The van der Waals surface area contributed by atoms with E-state index in [4.69, 9.17) is 0 Å². The summed E-state index contributed by atoms with van der Waals surface area (Å²) in [6.07, 6.45) is 4.73. The van der Waals surface area contributed by atoms with Crippen molar-refractivity contribution < 1.29 is 19.1 Å². The standard InChI is InChI=1S/C21H24FNO3/c22-16-3-1-15(2-4-16)21-6-5-13(9-21)18(21)19(24)23-10-12-7-14(11-23)17(8-12)20(25)26/h1-4,12-14,17-18H,5-11H2,(H,25,26). The second-order valence-corrected chi connectivity index (χ2v) is 8.93. The number of carbonyl (C=O) groups excluding carboxylic acids is 1. The van der Waals surface area contributed by atoms with E-state index in [1.165, 1.54) is 12.1 Å². The van der Waals surface area contributed by atoms with Crippen LogP contribution in [0.4, 0.5) is 4.39 Å². The van der Waals surface area contributed by atoms with Gasteiger partial charge in [0.1, 0.15) is 5.82 Å². The normalized spacial score (nSPS) is 40.3. The summed E-state index contributed by atoms with van der Waals surface area (Å²) in [5.41, 5.74) is 0.965. The highest BCUT2D eigenvalue weighted by molar-refractivity contribution is 5.83. The predicted octanol–water partition coefficient (Wildman–Crippen LogP) is 3.06. The highest BCUT2D eigenvalue weighted by atomic mass is 19.1. The zero-order valence-corrected chi connectivity index (χ0v) is 14.7. The summed E-state index contributed by atoms with van der Waals surface area (Å²) in [6, 6.07) is 6.68. The van der Waals surface area contributed by atoms with Crippen molar-refractivity contribution in [2.24, 2.45) is 29.6 Å². The number of fused-ring (bicyclic) bond motifs is 3. The molecule has 1 aliphatic heterocycles. The Balaban J connectivity index is 1.38. The van der Waals surface area contributed by atoms with Crippen molar-refractivity contribution in [2.75, 3.05) is 13.1 Å². The van der Waals surface area contributed by atoms with Crippen LogP contribution < -0.4 is 0 Å². The number of aliphatic carboxylic acids is 1. The molecular formula is C21H24FNO3. The number of carboxylic acids is 1. The maximum atomic E-state index is 13.4. The number of likely N-dealkylation sites (tertiary alicyclic amines) is 1. The van der Waals surface area contributed by atoms with Crippen LogP contribution in [-0.2, 0) is 15.0 Å². The number of carboxylic acid groups (broad SMARTS) is 1. The molecule has 6 rings (SSSR count). The van der Waals surface area contributed by atoms with Gasteiger partial charge in [0.2, 0.25) is 5.91 Å². The van der Waals surface area contributed by atoms with Crippen molar-refractivity contribution in [1.29, 1.82) is 0 Å². The molecule has 1 N–H and O–H groups in total. The van der Waals surface area contributed by atoms with Gasteiger partial charge in [-0.05, 0) is 67.6 Å². The molecule has 5 fully saturated rings. The molecule has 0 aromatic heterocycles. The molecular weight excluding hydrogens is 333 g/mol. The molecule has 0 radical (unpaired) electrons. The third-order valence-corrected chi connectivity index (χ3v) is 7.69. The fourth-order valence-electron chi connectivity index (χ4n) is 6.57. The molecule has 4 bridgehead atoms. The van der Waals surface area contributed by atoms with Crippen molar-refractivity contribution in [3.8, 4) is 0 Å². The summed E-state index contributed by atoms with van der Waals surface area (Å²) in [7, 11) is 0. The summed E-state index contributed by atoms with van der Waals surface area (Å²) in [5, 5.41) is 9.42. The maximum Gasteiger partial charge on any atom is 0.306 e. The van der Waals surface area contributed by atoms with Crippen LogP contribution in [0.3, 0.4) is 0 Å². The van der Waals surface area contributed by atoms with Crippen LogP contribution in [0.25, 0.3) is 0 Å². The molecule has 1 aromatic carbocycles. The van der Waals surface area contributed by atoms with Crippen LogP contribution in [0.5, 0.6) is 0 Å². The van der Waals surface area contributed by atoms with Crippen molar-refractivity contribution in [3.63, 3.8) is 0 Å². The van der Waals surface area contributed by atoms with E-state index >= 15 is 0 Å². The molecule has 6 unspecified atom stereocenters. The first-order valence-corrected chi connectivity index (χ1v) is 9.75. The van der Waals surface area contributed by atoms with Gasteiger partial charge in [0.25, 0.3) is 0 Å². The first kappa shape index (κ1) is 16.3. The summed E-state index contributed by atoms with van der Waals surface area (Å²) in [4.78, 5) is 26.8. The average molecular weight is 357 g/mol. The number of rotatable bonds is 3. The fourth-order valence-corrected chi connectivity index (χ4v) is 6.57. The number of carbonyl (C=O) groups is 2. The molecule has 1 amide bonds. The predicted molar refractivity (Wildman–Crippen MR) is 92.8 cm³/mol. The molecule has 1 saturated heterocycles. The lowest BCUT2D eigenvalue weighted by molar-refractivity contribution is -0.148. The van der Waals surface area contributed by atoms with Crippen LogP contribution in [0.15, 0.2) is 24.3 Å². The smallest absolute Gasteiger partial charge is 0.306 e. The molecule has 4 nitrogen and oxygen atoms in total. The van der Waals surface area contributed by atoms with Gasteiger partial charge in [0.15, 0.2) is 0 Å². The lowest BCUT2D eigenvalue weighted by Gasteiger charge is -2.49. The van der Waals surface area contributed by atoms with E-state index in [0.717, 1.165) is 31.2 Å². The van der Waals surface area contributed by atoms with E-state index < -0.39 is 5.97 Å². The summed E-state index contributed by atoms with van der Waals surface area (Å²) >= 11 is 0. The first-order valence-electron chi connectivity index (χ1n) is 9.75. The second kappa shape index (κ2) is 5.54. The van der Waals surface area contributed by atoms with Crippen LogP contribution >= 0.6 is 0 Å². The zero-order valence-electron chi connectivity index (χ0n) is 14.7. The fraction of sp³-hybridized carbons (Fsp3) is 0.619. The third-order valence-electron chi connectivity index (χ3n) is 7.69. The number of piperidine rings is 1. The minimum Gasteiger partial charge on any atom is -0.481 e. The largest absolute Gasteiger partial charge is 0.481 e. The van der Waals surface area contributed by atoms with Gasteiger partial charge >= 0.3 is 5.97 Å². The van der Waals surface area contributed by atoms with Gasteiger partial charge in [0.05, 0.1) is 11.8 Å². The first-order chi connectivity index (χ1) is 12.5. The summed E-state index contributed by atoms with van der Waals surface area (Å²) in [6.45, 7) is 1.30. The Morgan fingerprint density at radius 1 is 1.12 bits per heavy atom. The highest BCUT2D eigenvalue weighted by Crippen LogP contribution is 2.64. The molecule has 138 valence electrons. The van der Waals surface area contributed by atoms with E-state index in [9.17, 15) is 19.1 Å². The molecule has 4 aliphatic carbocycles. The van der Waals surface area contributed by atoms with Crippen molar-refractivity contribution in [2.45, 2.75) is 37.5 Å². The topological polar surface area (TPSA) is 57.6 Å². The van der Waals surface area contributed by atoms with Crippen molar-refractivity contribution in [3.05, 3.63) is 35.6 Å². The molecule has 4 saturated carbocycles. The van der Waals surface area contributed by atoms with E-state index in [-0.39, 0.29) is 34.9 Å². The third kappa shape index (κ3) is 2.18. The number of hydrogen-bond acceptors (Lipinski definition) is 2. The van der Waals surface area contributed by atoms with Gasteiger partial charge < -0.3 is 10.0 Å². The zero-order chi connectivity index (χ0) is 18.1. The Morgan fingerprint density at radius 2 is 1.88 bits per heavy atom. The Hall–Kier alpha value is -1.91. The summed E-state index contributed by atoms with van der Waals surface area (Å²) < 4.78 is 13.3. The Morgan fingerprint density at radius 3 is 2.58 bits per heavy atom. The minimum absolute atomic E-state index is 0.00580. The molecule has 6 atom stereocenters. The van der Waals surface area contributed by atoms with E-state index in [1.54, 1.807) is 0 Å². The monoisotopic (exact) mass is 357 g/mol. The van der Waals surface area contributed by atoms with Crippen LogP contribution in [0.2, 0.25) is 0 Å². The van der Waals surface area contributed by atoms with Gasteiger partial charge in [-0.2, -0.15) is 0 Å². The van der Waals surface area contributed by atoms with Gasteiger partial charge in [0, 0.05) is 18.5 Å². The van der Waals surface area contributed by atoms with Gasteiger partial charge in [-0.3, -0.25) is 9.59 Å². The van der Waals surface area contributed by atoms with E-state index in [0.29, 0.717) is 31.3 Å². The molecule has 5 heteroatoms. The highest BCUT2D eigenvalue weighted by Gasteiger charge is 2.63. The van der Waals surface area contributed by atoms with Crippen LogP contribution in [0.1, 0.15) is 37.7 Å². The summed E-state index contributed by atoms with van der Waals surface area (Å²) in [5.74, 6) is -0.164. The lowest BCUT2D eigenvalue weighted by Crippen LogP contribution is -2.55. The average Bonchev–Trinajstić information content (AvgIpc) is 3.27. The van der Waals surface area contributed by atoms with Gasteiger partial charge in [-0.1, -0.05) is 12.1 Å². The Kier molecular flexibility index (Phi) is 3.47. The van der Waals surface area contributed by atoms with Crippen molar-refractivity contribution in [1.82, 2.24) is 4.90 Å². The number of halogens is 1. The number of amides is 1. The quantitative estimate of drug-likeness (QED) is 0.904. The molecule has 1 aromatic rings. The Bertz CT molecular complexity index is 759. The Labute approximate surface area is 152 Å². The van der Waals surface area contributed by atoms with E-state index in [2.05, 4.69) is 0 Å². The minimum atomic E-state index is -0.710. The van der Waals surface area contributed by atoms with E-state index in [1.807, 2.05) is 17.0 Å². The molecule has 5 aliphatic rings. The molecule has 0 spiro atoms. The molecule has 1 heterocycles. The lowest BCUT2D eigenvalue weighted by atomic mass is 9.56. The number of nitrogens with zero attached hydrogens (tertiary/aromatic N) is 1. The van der Waals surface area contributed by atoms with Crippen LogP contribution in [-0.4, -0.2) is 35.0 Å². The van der Waals surface area contributed by atoms with Gasteiger partial charge in [-0.15, -0.1) is 0 Å². The molecule has 26 heavy (non-hydrogen) atoms. The van der Waals surface area contributed by atoms with Gasteiger partial charge in [-0.25, -0.2) is 4.39 Å². The SMILES string of the molecule is O=C(O)C1CC2CC1CN(C(=O)C1C3CCC1(c1ccc(F)cc1)C3)C2. The second-order valence-electron chi connectivity index (χ2n) is 8.93.